The molecule has 1 aromatic heterocycles. The summed E-state index contributed by atoms with van der Waals surface area (Å²) in [6.07, 6.45) is 0.462. The molecule has 148 valence electrons. The van der Waals surface area contributed by atoms with E-state index in [1.54, 1.807) is 10.6 Å². The number of hydrogen-bond acceptors (Lipinski definition) is 5. The maximum Gasteiger partial charge on any atom is 0.266 e. The number of benzene rings is 2. The first-order valence-electron chi connectivity index (χ1n) is 8.96. The molecular weight excluding hydrogens is 394 g/mol. The second-order valence-corrected chi connectivity index (χ2v) is 9.68. The van der Waals surface area contributed by atoms with Gasteiger partial charge in [0.1, 0.15) is 0 Å². The molecule has 1 heterocycles. The molecule has 0 atom stereocenters. The molecule has 0 amide bonds. The molecule has 0 spiro atoms. The van der Waals surface area contributed by atoms with Gasteiger partial charge < -0.3 is 0 Å². The van der Waals surface area contributed by atoms with Crippen molar-refractivity contribution in [2.45, 2.75) is 25.4 Å². The van der Waals surface area contributed by atoms with Gasteiger partial charge in [0.05, 0.1) is 22.3 Å². The number of fused-ring (bicyclic) bond motifs is 1. The Bertz CT molecular complexity index is 1170. The van der Waals surface area contributed by atoms with E-state index in [0.29, 0.717) is 28.2 Å². The number of thioether (sulfide) groups is 1. The van der Waals surface area contributed by atoms with E-state index in [4.69, 9.17) is 4.98 Å². The normalized spacial score (nSPS) is 11.8. The Hall–Kier alpha value is -2.16. The van der Waals surface area contributed by atoms with E-state index in [1.807, 2.05) is 50.2 Å². The Kier molecular flexibility index (Phi) is 6.22. The predicted octanol–water partition coefficient (Wildman–Crippen LogP) is 3.03. The molecule has 1 N–H and O–H groups in total. The van der Waals surface area contributed by atoms with Gasteiger partial charge in [-0.25, -0.2) is 18.1 Å². The Labute approximate surface area is 169 Å². The van der Waals surface area contributed by atoms with Gasteiger partial charge in [-0.3, -0.25) is 9.36 Å². The summed E-state index contributed by atoms with van der Waals surface area (Å²) in [6.45, 7) is 3.98. The molecule has 0 unspecified atom stereocenters. The van der Waals surface area contributed by atoms with Gasteiger partial charge in [0.2, 0.25) is 10.0 Å². The van der Waals surface area contributed by atoms with E-state index in [-0.39, 0.29) is 11.3 Å². The highest BCUT2D eigenvalue weighted by atomic mass is 32.2. The van der Waals surface area contributed by atoms with Crippen molar-refractivity contribution in [3.05, 3.63) is 63.9 Å². The zero-order valence-corrected chi connectivity index (χ0v) is 17.7. The number of hydrogen-bond donors (Lipinski definition) is 1. The van der Waals surface area contributed by atoms with Crippen molar-refractivity contribution >= 4 is 32.7 Å². The van der Waals surface area contributed by atoms with Gasteiger partial charge in [0, 0.05) is 5.75 Å². The highest BCUT2D eigenvalue weighted by Crippen LogP contribution is 2.24. The molecule has 0 aliphatic heterocycles. The second-order valence-electron chi connectivity index (χ2n) is 6.57. The van der Waals surface area contributed by atoms with Gasteiger partial charge in [0.25, 0.3) is 5.56 Å². The average molecular weight is 418 g/mol. The highest BCUT2D eigenvalue weighted by molar-refractivity contribution is 7.99. The number of rotatable bonds is 7. The first kappa shape index (κ1) is 20.6. The Morgan fingerprint density at radius 2 is 1.89 bits per heavy atom. The van der Waals surface area contributed by atoms with Crippen molar-refractivity contribution < 1.29 is 8.42 Å². The van der Waals surface area contributed by atoms with Crippen LogP contribution in [0.3, 0.4) is 0 Å². The molecule has 28 heavy (non-hydrogen) atoms. The number of nitrogens with one attached hydrogen (secondary N) is 1. The molecule has 0 aliphatic carbocycles. The molecule has 2 aromatic carbocycles. The summed E-state index contributed by atoms with van der Waals surface area (Å²) in [5, 5.41) is 1.13. The zero-order chi connectivity index (χ0) is 20.3. The van der Waals surface area contributed by atoms with Crippen LogP contribution in [0.4, 0.5) is 0 Å². The highest BCUT2D eigenvalue weighted by Gasteiger charge is 2.15. The molecule has 0 saturated heterocycles. The summed E-state index contributed by atoms with van der Waals surface area (Å²) in [4.78, 5) is 17.9. The molecule has 0 radical (unpaired) electrons. The Morgan fingerprint density at radius 1 is 1.14 bits per heavy atom. The van der Waals surface area contributed by atoms with Crippen LogP contribution >= 0.6 is 11.8 Å². The van der Waals surface area contributed by atoms with Crippen molar-refractivity contribution in [3.63, 3.8) is 0 Å². The third kappa shape index (κ3) is 4.45. The van der Waals surface area contributed by atoms with Crippen LogP contribution < -0.4 is 10.3 Å². The van der Waals surface area contributed by atoms with E-state index in [2.05, 4.69) is 4.72 Å². The summed E-state index contributed by atoms with van der Waals surface area (Å²) in [6, 6.07) is 13.2. The van der Waals surface area contributed by atoms with Gasteiger partial charge in [0.15, 0.2) is 5.16 Å². The average Bonchev–Trinajstić information content (AvgIpc) is 2.66. The summed E-state index contributed by atoms with van der Waals surface area (Å²) in [5.41, 5.74) is 3.41. The molecule has 6 nitrogen and oxygen atoms in total. The van der Waals surface area contributed by atoms with Gasteiger partial charge in [-0.15, -0.1) is 0 Å². The van der Waals surface area contributed by atoms with Gasteiger partial charge in [-0.2, -0.15) is 0 Å². The van der Waals surface area contributed by atoms with Crippen molar-refractivity contribution in [2.75, 3.05) is 18.6 Å². The minimum atomic E-state index is -3.24. The molecule has 0 bridgehead atoms. The van der Waals surface area contributed by atoms with Gasteiger partial charge in [-0.1, -0.05) is 41.6 Å². The second kappa shape index (κ2) is 8.46. The molecular formula is C20H23N3O3S2. The largest absolute Gasteiger partial charge is 0.268 e. The molecule has 8 heteroatoms. The van der Waals surface area contributed by atoms with Crippen LogP contribution in [0.25, 0.3) is 16.6 Å². The van der Waals surface area contributed by atoms with Crippen LogP contribution in [-0.2, 0) is 10.0 Å². The van der Waals surface area contributed by atoms with E-state index < -0.39 is 10.0 Å². The fraction of sp³-hybridized carbons (Fsp3) is 0.300. The number of sulfonamides is 1. The van der Waals surface area contributed by atoms with Gasteiger partial charge in [-0.05, 0) is 51.1 Å². The van der Waals surface area contributed by atoms with Gasteiger partial charge >= 0.3 is 0 Å². The third-order valence-corrected chi connectivity index (χ3v) is 6.91. The van der Waals surface area contributed by atoms with Crippen LogP contribution in [0.2, 0.25) is 0 Å². The molecule has 0 fully saturated rings. The number of aryl methyl sites for hydroxylation is 2. The van der Waals surface area contributed by atoms with Crippen LogP contribution in [0.1, 0.15) is 17.5 Å². The summed E-state index contributed by atoms with van der Waals surface area (Å²) < 4.78 is 27.2. The molecule has 3 aromatic rings. The van der Waals surface area contributed by atoms with Crippen molar-refractivity contribution in [1.29, 1.82) is 0 Å². The Balaban J connectivity index is 2.03. The van der Waals surface area contributed by atoms with Crippen LogP contribution in [0.15, 0.2) is 52.4 Å². The lowest BCUT2D eigenvalue weighted by atomic mass is 10.1. The lowest BCUT2D eigenvalue weighted by molar-refractivity contribution is 0.587. The maximum absolute atomic E-state index is 13.2. The minimum Gasteiger partial charge on any atom is -0.268 e. The molecule has 3 rings (SSSR count). The number of nitrogens with zero attached hydrogens (tertiary/aromatic N) is 2. The van der Waals surface area contributed by atoms with Crippen LogP contribution in [0.5, 0.6) is 0 Å². The maximum atomic E-state index is 13.2. The topological polar surface area (TPSA) is 81.1 Å². The van der Waals surface area contributed by atoms with E-state index in [9.17, 15) is 13.2 Å². The number of para-hydroxylation sites is 1. The van der Waals surface area contributed by atoms with E-state index >= 15 is 0 Å². The summed E-state index contributed by atoms with van der Waals surface area (Å²) >= 11 is 1.39. The lowest BCUT2D eigenvalue weighted by Gasteiger charge is -2.15. The molecule has 0 saturated carbocycles. The predicted molar refractivity (Wildman–Crippen MR) is 115 cm³/mol. The Morgan fingerprint density at radius 3 is 2.61 bits per heavy atom. The van der Waals surface area contributed by atoms with Crippen molar-refractivity contribution in [2.24, 2.45) is 0 Å². The summed E-state index contributed by atoms with van der Waals surface area (Å²) in [5.74, 6) is 0.578. The van der Waals surface area contributed by atoms with E-state index in [0.717, 1.165) is 16.8 Å². The molecule has 0 aliphatic rings. The number of aromatic nitrogens is 2. The quantitative estimate of drug-likeness (QED) is 0.363. The van der Waals surface area contributed by atoms with Crippen LogP contribution in [0, 0.1) is 13.8 Å². The lowest BCUT2D eigenvalue weighted by Crippen LogP contribution is -2.23. The third-order valence-electron chi connectivity index (χ3n) is 4.44. The zero-order valence-electron chi connectivity index (χ0n) is 16.1. The fourth-order valence-electron chi connectivity index (χ4n) is 2.99. The first-order chi connectivity index (χ1) is 13.3. The van der Waals surface area contributed by atoms with Crippen molar-refractivity contribution in [3.8, 4) is 5.69 Å². The van der Waals surface area contributed by atoms with E-state index in [1.165, 1.54) is 18.8 Å². The minimum absolute atomic E-state index is 0.0396. The SMILES string of the molecule is CNS(=O)(=O)CCCSc1nc2ccccc2c(=O)n1-c1ccc(C)cc1C. The van der Waals surface area contributed by atoms with Crippen molar-refractivity contribution in [1.82, 2.24) is 14.3 Å². The summed E-state index contributed by atoms with van der Waals surface area (Å²) in [7, 11) is -1.83. The fourth-order valence-corrected chi connectivity index (χ4v) is 4.85. The smallest absolute Gasteiger partial charge is 0.266 e. The standard InChI is InChI=1S/C20H23N3O3S2/c1-14-9-10-18(15(2)13-14)23-19(24)16-7-4-5-8-17(16)22-20(23)27-11-6-12-28(25,26)21-3/h4-5,7-10,13,21H,6,11-12H2,1-3H3. The van der Waals surface area contributed by atoms with Crippen LogP contribution in [-0.4, -0.2) is 36.5 Å². The first-order valence-corrected chi connectivity index (χ1v) is 11.6. The monoisotopic (exact) mass is 417 g/mol.